The number of nitro groups is 1. The molecule has 2 heterocycles. The van der Waals surface area contributed by atoms with Crippen molar-refractivity contribution in [1.29, 1.82) is 0 Å². The Balaban J connectivity index is 1.99. The van der Waals surface area contributed by atoms with Crippen LogP contribution in [0.4, 0.5) is 5.82 Å². The van der Waals surface area contributed by atoms with Gasteiger partial charge >= 0.3 is 5.82 Å². The minimum atomic E-state index is -1.93. The van der Waals surface area contributed by atoms with Gasteiger partial charge in [0.2, 0.25) is 0 Å². The second-order valence-electron chi connectivity index (χ2n) is 4.97. The molecule has 1 aliphatic heterocycles. The second kappa shape index (κ2) is 8.88. The Labute approximate surface area is 135 Å². The lowest BCUT2D eigenvalue weighted by Gasteiger charge is -2.26. The Hall–Kier alpha value is -1.60. The van der Waals surface area contributed by atoms with Crippen LogP contribution in [0.2, 0.25) is 0 Å². The van der Waals surface area contributed by atoms with Crippen molar-refractivity contribution in [3.8, 4) is 0 Å². The van der Waals surface area contributed by atoms with E-state index < -0.39 is 15.8 Å². The van der Waals surface area contributed by atoms with E-state index in [1.165, 1.54) is 10.9 Å². The van der Waals surface area contributed by atoms with Crippen LogP contribution in [0.3, 0.4) is 0 Å². The Bertz CT molecular complexity index is 608. The average molecular weight is 346 g/mol. The predicted octanol–water partition coefficient (Wildman–Crippen LogP) is -0.808. The van der Waals surface area contributed by atoms with E-state index >= 15 is 0 Å². The van der Waals surface area contributed by atoms with Crippen molar-refractivity contribution in [1.82, 2.24) is 19.8 Å². The van der Waals surface area contributed by atoms with Crippen molar-refractivity contribution in [3.63, 3.8) is 0 Å². The average Bonchev–Trinajstić information content (AvgIpc) is 2.97. The number of imidazole rings is 1. The van der Waals surface area contributed by atoms with Gasteiger partial charge in [0, 0.05) is 45.7 Å². The minimum Gasteiger partial charge on any atom is -0.416 e. The molecule has 0 atom stereocenters. The summed E-state index contributed by atoms with van der Waals surface area (Å²) in [4.78, 5) is 17.2. The van der Waals surface area contributed by atoms with Gasteiger partial charge in [-0.3, -0.25) is 4.90 Å². The largest absolute Gasteiger partial charge is 0.416 e. The zero-order chi connectivity index (χ0) is 16.7. The van der Waals surface area contributed by atoms with Crippen LogP contribution in [0.15, 0.2) is 10.7 Å². The normalized spacial score (nSPS) is 17.4. The van der Waals surface area contributed by atoms with Crippen molar-refractivity contribution in [2.75, 3.05) is 39.3 Å². The summed E-state index contributed by atoms with van der Waals surface area (Å²) in [5, 5.41) is 14.6. The molecule has 130 valence electrons. The van der Waals surface area contributed by atoms with Gasteiger partial charge in [0.05, 0.1) is 0 Å². The topological polar surface area (TPSA) is 141 Å². The molecule has 23 heavy (non-hydrogen) atoms. The molecule has 0 radical (unpaired) electrons. The van der Waals surface area contributed by atoms with E-state index in [9.17, 15) is 14.3 Å². The van der Waals surface area contributed by atoms with Crippen LogP contribution in [0, 0.1) is 10.1 Å². The molecule has 12 heteroatoms. The molecule has 2 rings (SSSR count). The fourth-order valence-electron chi connectivity index (χ4n) is 2.41. The zero-order valence-electron chi connectivity index (χ0n) is 12.6. The van der Waals surface area contributed by atoms with E-state index in [0.29, 0.717) is 12.2 Å². The third-order valence-electron chi connectivity index (χ3n) is 3.55. The van der Waals surface area contributed by atoms with Crippen LogP contribution in [0.1, 0.15) is 5.69 Å². The van der Waals surface area contributed by atoms with Crippen molar-refractivity contribution in [2.24, 2.45) is 10.3 Å². The van der Waals surface area contributed by atoms with Crippen molar-refractivity contribution in [2.45, 2.75) is 13.0 Å². The highest BCUT2D eigenvalue weighted by atomic mass is 32.2. The molecule has 11 nitrogen and oxygen atoms in total. The van der Waals surface area contributed by atoms with Gasteiger partial charge in [0.25, 0.3) is 0 Å². The number of nitrogens with zero attached hydrogens (tertiary/aromatic N) is 5. The molecule has 1 aromatic rings. The Kier molecular flexibility index (Phi) is 6.85. The molecule has 1 saturated heterocycles. The van der Waals surface area contributed by atoms with Crippen LogP contribution in [0.25, 0.3) is 0 Å². The van der Waals surface area contributed by atoms with Crippen molar-refractivity contribution >= 4 is 16.7 Å². The highest BCUT2D eigenvalue weighted by Gasteiger charge is 2.21. The van der Waals surface area contributed by atoms with E-state index in [2.05, 4.69) is 23.8 Å². The molecular weight excluding hydrogens is 326 g/mol. The van der Waals surface area contributed by atoms with Crippen molar-refractivity contribution < 1.29 is 13.4 Å². The SMILES string of the molecule is NO[S-](=O)=NCCc1ncn(CCN2CCNCC2)c1[N+](=O)[O-]. The fraction of sp³-hybridized carbons (Fsp3) is 0.727. The maximum Gasteiger partial charge on any atom is 0.345 e. The molecule has 3 N–H and O–H groups in total. The fourth-order valence-corrected chi connectivity index (χ4v) is 2.71. The number of hydrogen-bond acceptors (Lipinski definition) is 10. The number of rotatable bonds is 8. The summed E-state index contributed by atoms with van der Waals surface area (Å²) in [6.45, 7) is 5.03. The molecule has 0 amide bonds. The van der Waals surface area contributed by atoms with Gasteiger partial charge in [0.15, 0.2) is 6.33 Å². The maximum atomic E-state index is 11.3. The summed E-state index contributed by atoms with van der Waals surface area (Å²) in [5.74, 6) is 4.67. The van der Waals surface area contributed by atoms with Gasteiger partial charge in [-0.15, -0.1) is 0 Å². The van der Waals surface area contributed by atoms with Gasteiger partial charge in [-0.25, -0.2) is 15.4 Å². The van der Waals surface area contributed by atoms with Crippen LogP contribution < -0.4 is 11.2 Å². The standard InChI is InChI=1S/C11H20N7O4S/c12-22-23(21)15-2-1-10-11(18(19)20)17(9-14-10)8-7-16-5-3-13-4-6-16/h9,13H,1-8,12H2/q-1. The van der Waals surface area contributed by atoms with Crippen LogP contribution >= 0.6 is 0 Å². The molecular formula is C11H20N7O4S-. The molecule has 0 aliphatic carbocycles. The molecule has 1 aromatic heterocycles. The number of hydrogen-bond donors (Lipinski definition) is 2. The third kappa shape index (κ3) is 5.21. The first-order valence-electron chi connectivity index (χ1n) is 7.20. The quantitative estimate of drug-likeness (QED) is 0.354. The lowest BCUT2D eigenvalue weighted by Crippen LogP contribution is -2.44. The smallest absolute Gasteiger partial charge is 0.345 e. The van der Waals surface area contributed by atoms with E-state index in [-0.39, 0.29) is 18.8 Å². The van der Waals surface area contributed by atoms with Crippen LogP contribution in [-0.4, -0.2) is 58.6 Å². The number of nitrogens with two attached hydrogens (primary N) is 1. The lowest BCUT2D eigenvalue weighted by atomic mass is 10.3. The first-order valence-corrected chi connectivity index (χ1v) is 8.23. The van der Waals surface area contributed by atoms with E-state index in [4.69, 9.17) is 5.90 Å². The summed E-state index contributed by atoms with van der Waals surface area (Å²) < 4.78 is 20.1. The Morgan fingerprint density at radius 1 is 1.48 bits per heavy atom. The number of aromatic nitrogens is 2. The monoisotopic (exact) mass is 346 g/mol. The highest BCUT2D eigenvalue weighted by Crippen LogP contribution is 2.18. The Morgan fingerprint density at radius 3 is 2.87 bits per heavy atom. The first-order chi connectivity index (χ1) is 11.1. The molecule has 0 saturated carbocycles. The van der Waals surface area contributed by atoms with Gasteiger partial charge in [-0.1, -0.05) is 0 Å². The molecule has 0 unspecified atom stereocenters. The van der Waals surface area contributed by atoms with Gasteiger partial charge in [-0.05, 0) is 15.8 Å². The molecule has 1 aliphatic rings. The van der Waals surface area contributed by atoms with E-state index in [0.717, 1.165) is 32.7 Å². The van der Waals surface area contributed by atoms with E-state index in [1.54, 1.807) is 0 Å². The van der Waals surface area contributed by atoms with Gasteiger partial charge < -0.3 is 28.3 Å². The lowest BCUT2D eigenvalue weighted by molar-refractivity contribution is -0.392. The molecule has 0 spiro atoms. The van der Waals surface area contributed by atoms with Gasteiger partial charge in [0.1, 0.15) is 12.2 Å². The number of nitrogens with one attached hydrogen (secondary N) is 1. The van der Waals surface area contributed by atoms with E-state index in [1.807, 2.05) is 0 Å². The molecule has 1 fully saturated rings. The molecule has 0 aromatic carbocycles. The zero-order valence-corrected chi connectivity index (χ0v) is 13.4. The summed E-state index contributed by atoms with van der Waals surface area (Å²) in [6, 6.07) is 0. The maximum absolute atomic E-state index is 11.3. The van der Waals surface area contributed by atoms with Crippen molar-refractivity contribution in [3.05, 3.63) is 22.1 Å². The highest BCUT2D eigenvalue weighted by molar-refractivity contribution is 7.69. The van der Waals surface area contributed by atoms with Crippen LogP contribution in [0.5, 0.6) is 0 Å². The minimum absolute atomic E-state index is 0.0465. The first kappa shape index (κ1) is 17.7. The third-order valence-corrected chi connectivity index (χ3v) is 4.11. The number of piperazine rings is 1. The second-order valence-corrected chi connectivity index (χ2v) is 5.86. The summed E-state index contributed by atoms with van der Waals surface area (Å²) in [5.41, 5.74) is 0.313. The predicted molar refractivity (Wildman–Crippen MR) is 82.5 cm³/mol. The summed E-state index contributed by atoms with van der Waals surface area (Å²) >= 11 is 0. The Morgan fingerprint density at radius 2 is 2.22 bits per heavy atom. The summed E-state index contributed by atoms with van der Waals surface area (Å²) in [6.07, 6.45) is 1.66. The van der Waals surface area contributed by atoms with Crippen LogP contribution in [-0.2, 0) is 32.3 Å². The summed E-state index contributed by atoms with van der Waals surface area (Å²) in [7, 11) is -1.93. The molecule has 0 bridgehead atoms. The van der Waals surface area contributed by atoms with Gasteiger partial charge in [-0.2, -0.15) is 0 Å².